The predicted molar refractivity (Wildman–Crippen MR) is 108 cm³/mol. The van der Waals surface area contributed by atoms with Crippen LogP contribution in [0, 0.1) is 18.6 Å². The van der Waals surface area contributed by atoms with Gasteiger partial charge >= 0.3 is 0 Å². The molecule has 4 rings (SSSR count). The lowest BCUT2D eigenvalue weighted by atomic mass is 10.2. The number of amides is 1. The van der Waals surface area contributed by atoms with Crippen LogP contribution in [0.25, 0.3) is 0 Å². The molecule has 0 bridgehead atoms. The summed E-state index contributed by atoms with van der Waals surface area (Å²) < 4.78 is 38.7. The van der Waals surface area contributed by atoms with Crippen molar-refractivity contribution in [3.63, 3.8) is 0 Å². The average Bonchev–Trinajstić information content (AvgIpc) is 3.33. The standard InChI is InChI=1S/C22H18F2N4O3/c1-14-20(13-30-19-7-5-16(23)6-8-19)21(27-31-14)22(29)26-18-10-25-28(12-18)11-15-3-2-4-17(24)9-15/h2-10,12H,11,13H2,1H3,(H,26,29). The maximum absolute atomic E-state index is 13.3. The smallest absolute Gasteiger partial charge is 0.278 e. The quantitative estimate of drug-likeness (QED) is 0.477. The highest BCUT2D eigenvalue weighted by Gasteiger charge is 2.21. The van der Waals surface area contributed by atoms with Gasteiger partial charge in [-0.05, 0) is 48.9 Å². The number of hydrogen-bond donors (Lipinski definition) is 1. The molecule has 1 amide bonds. The van der Waals surface area contributed by atoms with Crippen molar-refractivity contribution in [3.05, 3.63) is 95.1 Å². The Kier molecular flexibility index (Phi) is 5.74. The summed E-state index contributed by atoms with van der Waals surface area (Å²) in [6.45, 7) is 2.06. The van der Waals surface area contributed by atoms with E-state index in [0.29, 0.717) is 29.3 Å². The molecular formula is C22H18F2N4O3. The molecule has 2 aromatic carbocycles. The van der Waals surface area contributed by atoms with E-state index in [2.05, 4.69) is 15.6 Å². The van der Waals surface area contributed by atoms with Gasteiger partial charge in [-0.1, -0.05) is 17.3 Å². The minimum atomic E-state index is -0.486. The van der Waals surface area contributed by atoms with Crippen LogP contribution in [0.4, 0.5) is 14.5 Å². The van der Waals surface area contributed by atoms with Crippen LogP contribution in [-0.2, 0) is 13.2 Å². The molecule has 0 spiro atoms. The molecule has 0 saturated carbocycles. The first-order valence-corrected chi connectivity index (χ1v) is 9.40. The van der Waals surface area contributed by atoms with Crippen LogP contribution in [0.15, 0.2) is 65.4 Å². The van der Waals surface area contributed by atoms with E-state index in [1.54, 1.807) is 29.9 Å². The summed E-state index contributed by atoms with van der Waals surface area (Å²) in [7, 11) is 0. The van der Waals surface area contributed by atoms with E-state index >= 15 is 0 Å². The van der Waals surface area contributed by atoms with Crippen LogP contribution < -0.4 is 10.1 Å². The lowest BCUT2D eigenvalue weighted by Gasteiger charge is -2.06. The fourth-order valence-electron chi connectivity index (χ4n) is 2.95. The van der Waals surface area contributed by atoms with Crippen molar-refractivity contribution in [1.82, 2.24) is 14.9 Å². The van der Waals surface area contributed by atoms with E-state index in [4.69, 9.17) is 9.26 Å². The van der Waals surface area contributed by atoms with Crippen molar-refractivity contribution in [3.8, 4) is 5.75 Å². The first kappa shape index (κ1) is 20.3. The normalized spacial score (nSPS) is 10.8. The molecule has 7 nitrogen and oxygen atoms in total. The third-order valence-electron chi connectivity index (χ3n) is 4.52. The van der Waals surface area contributed by atoms with Gasteiger partial charge in [-0.15, -0.1) is 0 Å². The largest absolute Gasteiger partial charge is 0.489 e. The topological polar surface area (TPSA) is 82.2 Å². The summed E-state index contributed by atoms with van der Waals surface area (Å²) in [6.07, 6.45) is 3.11. The lowest BCUT2D eigenvalue weighted by molar-refractivity contribution is 0.101. The van der Waals surface area contributed by atoms with Crippen molar-refractivity contribution in [2.24, 2.45) is 0 Å². The first-order chi connectivity index (χ1) is 15.0. The molecule has 0 fully saturated rings. The fourth-order valence-corrected chi connectivity index (χ4v) is 2.95. The van der Waals surface area contributed by atoms with E-state index < -0.39 is 5.91 Å². The average molecular weight is 424 g/mol. The van der Waals surface area contributed by atoms with E-state index in [9.17, 15) is 13.6 Å². The summed E-state index contributed by atoms with van der Waals surface area (Å²) in [6, 6.07) is 11.8. The number of benzene rings is 2. The molecule has 0 radical (unpaired) electrons. The summed E-state index contributed by atoms with van der Waals surface area (Å²) >= 11 is 0. The second kappa shape index (κ2) is 8.78. The third kappa shape index (κ3) is 4.95. The number of carbonyl (C=O) groups is 1. The highest BCUT2D eigenvalue weighted by molar-refractivity contribution is 6.03. The van der Waals surface area contributed by atoms with Crippen molar-refractivity contribution in [2.45, 2.75) is 20.1 Å². The van der Waals surface area contributed by atoms with E-state index in [1.165, 1.54) is 42.6 Å². The Morgan fingerprint density at radius 3 is 2.74 bits per heavy atom. The lowest BCUT2D eigenvalue weighted by Crippen LogP contribution is -2.15. The molecule has 2 aromatic heterocycles. The van der Waals surface area contributed by atoms with E-state index in [-0.39, 0.29) is 23.9 Å². The Morgan fingerprint density at radius 2 is 1.97 bits per heavy atom. The Bertz CT molecular complexity index is 1200. The Morgan fingerprint density at radius 1 is 1.16 bits per heavy atom. The zero-order valence-electron chi connectivity index (χ0n) is 16.5. The van der Waals surface area contributed by atoms with Gasteiger partial charge in [-0.25, -0.2) is 8.78 Å². The second-order valence-corrected chi connectivity index (χ2v) is 6.82. The first-order valence-electron chi connectivity index (χ1n) is 9.40. The van der Waals surface area contributed by atoms with Crippen LogP contribution >= 0.6 is 0 Å². The highest BCUT2D eigenvalue weighted by atomic mass is 19.1. The van der Waals surface area contributed by atoms with Gasteiger partial charge < -0.3 is 14.6 Å². The molecule has 31 heavy (non-hydrogen) atoms. The molecular weight excluding hydrogens is 406 g/mol. The number of nitrogens with one attached hydrogen (secondary N) is 1. The number of carbonyl (C=O) groups excluding carboxylic acids is 1. The molecule has 158 valence electrons. The summed E-state index contributed by atoms with van der Waals surface area (Å²) in [5.41, 5.74) is 1.76. The van der Waals surface area contributed by atoms with Crippen LogP contribution in [-0.4, -0.2) is 20.8 Å². The zero-order valence-corrected chi connectivity index (χ0v) is 16.5. The minimum absolute atomic E-state index is 0.0303. The number of aryl methyl sites for hydroxylation is 1. The summed E-state index contributed by atoms with van der Waals surface area (Å²) in [4.78, 5) is 12.7. The second-order valence-electron chi connectivity index (χ2n) is 6.82. The van der Waals surface area contributed by atoms with Gasteiger partial charge in [0.2, 0.25) is 0 Å². The summed E-state index contributed by atoms with van der Waals surface area (Å²) in [5.74, 6) is -0.289. The molecule has 0 unspecified atom stereocenters. The van der Waals surface area contributed by atoms with Gasteiger partial charge in [0.1, 0.15) is 29.8 Å². The van der Waals surface area contributed by atoms with Crippen molar-refractivity contribution >= 4 is 11.6 Å². The number of rotatable bonds is 7. The Hall–Kier alpha value is -4.01. The molecule has 0 aliphatic carbocycles. The monoisotopic (exact) mass is 424 g/mol. The SMILES string of the molecule is Cc1onc(C(=O)Nc2cnn(Cc3cccc(F)c3)c2)c1COc1ccc(F)cc1. The highest BCUT2D eigenvalue weighted by Crippen LogP contribution is 2.19. The molecule has 2 heterocycles. The third-order valence-corrected chi connectivity index (χ3v) is 4.52. The molecule has 0 aliphatic rings. The van der Waals surface area contributed by atoms with Gasteiger partial charge in [-0.2, -0.15) is 5.10 Å². The van der Waals surface area contributed by atoms with Crippen LogP contribution in [0.5, 0.6) is 5.75 Å². The van der Waals surface area contributed by atoms with Crippen LogP contribution in [0.3, 0.4) is 0 Å². The summed E-state index contributed by atoms with van der Waals surface area (Å²) in [5, 5.41) is 10.7. The molecule has 0 aliphatic heterocycles. The molecule has 9 heteroatoms. The number of aromatic nitrogens is 3. The van der Waals surface area contributed by atoms with Crippen molar-refractivity contribution < 1.29 is 22.8 Å². The van der Waals surface area contributed by atoms with Gasteiger partial charge in [0.15, 0.2) is 5.69 Å². The van der Waals surface area contributed by atoms with Crippen LogP contribution in [0.1, 0.15) is 27.4 Å². The van der Waals surface area contributed by atoms with E-state index in [1.807, 2.05) is 0 Å². The van der Waals surface area contributed by atoms with Gasteiger partial charge in [-0.3, -0.25) is 9.48 Å². The van der Waals surface area contributed by atoms with Gasteiger partial charge in [0, 0.05) is 6.20 Å². The number of anilines is 1. The number of hydrogen-bond acceptors (Lipinski definition) is 5. The minimum Gasteiger partial charge on any atom is -0.489 e. The van der Waals surface area contributed by atoms with Crippen molar-refractivity contribution in [1.29, 1.82) is 0 Å². The van der Waals surface area contributed by atoms with E-state index in [0.717, 1.165) is 5.56 Å². The Balaban J connectivity index is 1.42. The van der Waals surface area contributed by atoms with Gasteiger partial charge in [0.05, 0.1) is 24.0 Å². The predicted octanol–water partition coefficient (Wildman–Crippen LogP) is 4.34. The Labute approximate surface area is 176 Å². The zero-order chi connectivity index (χ0) is 21.8. The van der Waals surface area contributed by atoms with Crippen LogP contribution in [0.2, 0.25) is 0 Å². The molecule has 1 N–H and O–H groups in total. The van der Waals surface area contributed by atoms with Gasteiger partial charge in [0.25, 0.3) is 5.91 Å². The maximum Gasteiger partial charge on any atom is 0.278 e. The molecule has 4 aromatic rings. The maximum atomic E-state index is 13.3. The fraction of sp³-hybridized carbons (Fsp3) is 0.136. The number of ether oxygens (including phenoxy) is 1. The number of halogens is 2. The molecule has 0 atom stereocenters. The molecule has 0 saturated heterocycles. The number of nitrogens with zero attached hydrogens (tertiary/aromatic N) is 3. The van der Waals surface area contributed by atoms with Crippen molar-refractivity contribution in [2.75, 3.05) is 5.32 Å².